The lowest BCUT2D eigenvalue weighted by molar-refractivity contribution is 0.100. The summed E-state index contributed by atoms with van der Waals surface area (Å²) in [5, 5.41) is 3.03. The topological polar surface area (TPSA) is 55.1 Å². The predicted octanol–water partition coefficient (Wildman–Crippen LogP) is 2.14. The second-order valence-corrected chi connectivity index (χ2v) is 4.24. The van der Waals surface area contributed by atoms with Gasteiger partial charge in [0.15, 0.2) is 0 Å². The van der Waals surface area contributed by atoms with Gasteiger partial charge in [-0.1, -0.05) is 6.42 Å². The molecular weight excluding hydrogens is 207 g/mol. The number of hydrogen-bond acceptors (Lipinski definition) is 2. The highest BCUT2D eigenvalue weighted by Gasteiger charge is 2.17. The SMILES string of the molecule is NC(=O)c1ccc(F)c(NCC2CCC2)c1. The van der Waals surface area contributed by atoms with Gasteiger partial charge in [-0.25, -0.2) is 4.39 Å². The van der Waals surface area contributed by atoms with E-state index in [1.54, 1.807) is 0 Å². The maximum atomic E-state index is 13.4. The molecular formula is C12H15FN2O. The Kier molecular flexibility index (Phi) is 3.08. The second kappa shape index (κ2) is 4.51. The van der Waals surface area contributed by atoms with Crippen molar-refractivity contribution in [1.82, 2.24) is 0 Å². The van der Waals surface area contributed by atoms with E-state index in [9.17, 15) is 9.18 Å². The van der Waals surface area contributed by atoms with Gasteiger partial charge < -0.3 is 11.1 Å². The van der Waals surface area contributed by atoms with E-state index in [2.05, 4.69) is 5.32 Å². The van der Waals surface area contributed by atoms with Crippen molar-refractivity contribution in [3.8, 4) is 0 Å². The van der Waals surface area contributed by atoms with Crippen LogP contribution >= 0.6 is 0 Å². The van der Waals surface area contributed by atoms with Crippen LogP contribution in [0, 0.1) is 11.7 Å². The quantitative estimate of drug-likeness (QED) is 0.820. The second-order valence-electron chi connectivity index (χ2n) is 4.24. The summed E-state index contributed by atoms with van der Waals surface area (Å²) in [6, 6.07) is 4.13. The van der Waals surface area contributed by atoms with Crippen LogP contribution in [0.2, 0.25) is 0 Å². The number of nitrogens with two attached hydrogens (primary N) is 1. The van der Waals surface area contributed by atoms with E-state index < -0.39 is 5.91 Å². The van der Waals surface area contributed by atoms with E-state index in [-0.39, 0.29) is 5.82 Å². The monoisotopic (exact) mass is 222 g/mol. The highest BCUT2D eigenvalue weighted by atomic mass is 19.1. The molecule has 0 unspecified atom stereocenters. The number of halogens is 1. The molecule has 86 valence electrons. The summed E-state index contributed by atoms with van der Waals surface area (Å²) in [5.41, 5.74) is 5.83. The molecule has 1 aromatic carbocycles. The molecule has 1 fully saturated rings. The smallest absolute Gasteiger partial charge is 0.248 e. The summed E-state index contributed by atoms with van der Waals surface area (Å²) in [5.74, 6) is -0.243. The maximum absolute atomic E-state index is 13.4. The number of primary amides is 1. The van der Waals surface area contributed by atoms with E-state index in [0.717, 1.165) is 6.54 Å². The van der Waals surface area contributed by atoms with Gasteiger partial charge in [0, 0.05) is 12.1 Å². The largest absolute Gasteiger partial charge is 0.382 e. The lowest BCUT2D eigenvalue weighted by Gasteiger charge is -2.26. The highest BCUT2D eigenvalue weighted by Crippen LogP contribution is 2.27. The molecule has 0 atom stereocenters. The van der Waals surface area contributed by atoms with Crippen LogP contribution in [0.15, 0.2) is 18.2 Å². The van der Waals surface area contributed by atoms with Crippen LogP contribution in [0.4, 0.5) is 10.1 Å². The van der Waals surface area contributed by atoms with Crippen molar-refractivity contribution < 1.29 is 9.18 Å². The first-order chi connectivity index (χ1) is 7.66. The summed E-state index contributed by atoms with van der Waals surface area (Å²) in [6.07, 6.45) is 3.66. The Hall–Kier alpha value is -1.58. The summed E-state index contributed by atoms with van der Waals surface area (Å²) >= 11 is 0. The molecule has 0 aliphatic heterocycles. The number of anilines is 1. The third kappa shape index (κ3) is 2.32. The Balaban J connectivity index is 2.05. The minimum Gasteiger partial charge on any atom is -0.382 e. The molecule has 3 N–H and O–H groups in total. The Morgan fingerprint density at radius 1 is 1.50 bits per heavy atom. The summed E-state index contributed by atoms with van der Waals surface area (Å²) < 4.78 is 13.4. The number of amides is 1. The molecule has 16 heavy (non-hydrogen) atoms. The first kappa shape index (κ1) is 10.9. The van der Waals surface area contributed by atoms with Crippen molar-refractivity contribution in [2.24, 2.45) is 11.7 Å². The molecule has 0 aromatic heterocycles. The standard InChI is InChI=1S/C12H15FN2O/c13-10-5-4-9(12(14)16)6-11(10)15-7-8-2-1-3-8/h4-6,8,15H,1-3,7H2,(H2,14,16). The van der Waals surface area contributed by atoms with Crippen molar-refractivity contribution in [3.05, 3.63) is 29.6 Å². The van der Waals surface area contributed by atoms with Gasteiger partial charge in [0.2, 0.25) is 5.91 Å². The van der Waals surface area contributed by atoms with E-state index in [0.29, 0.717) is 17.2 Å². The van der Waals surface area contributed by atoms with E-state index in [1.165, 1.54) is 37.5 Å². The molecule has 1 aliphatic carbocycles. The molecule has 2 rings (SSSR count). The fourth-order valence-electron chi connectivity index (χ4n) is 1.77. The average Bonchev–Trinajstić information content (AvgIpc) is 2.18. The first-order valence-corrected chi connectivity index (χ1v) is 5.50. The summed E-state index contributed by atoms with van der Waals surface area (Å²) in [7, 11) is 0. The fourth-order valence-corrected chi connectivity index (χ4v) is 1.77. The molecule has 1 saturated carbocycles. The normalized spacial score (nSPS) is 15.6. The zero-order valence-electron chi connectivity index (χ0n) is 9.00. The molecule has 1 amide bonds. The zero-order valence-corrected chi connectivity index (χ0v) is 9.00. The molecule has 0 radical (unpaired) electrons. The third-order valence-corrected chi connectivity index (χ3v) is 3.06. The van der Waals surface area contributed by atoms with Gasteiger partial charge in [-0.15, -0.1) is 0 Å². The number of carbonyl (C=O) groups excluding carboxylic acids is 1. The molecule has 0 heterocycles. The van der Waals surface area contributed by atoms with Gasteiger partial charge in [-0.3, -0.25) is 4.79 Å². The molecule has 0 bridgehead atoms. The van der Waals surface area contributed by atoms with Crippen molar-refractivity contribution in [2.75, 3.05) is 11.9 Å². The third-order valence-electron chi connectivity index (χ3n) is 3.06. The van der Waals surface area contributed by atoms with Gasteiger partial charge in [-0.05, 0) is 37.0 Å². The number of hydrogen-bond donors (Lipinski definition) is 2. The molecule has 3 nitrogen and oxygen atoms in total. The van der Waals surface area contributed by atoms with E-state index >= 15 is 0 Å². The van der Waals surface area contributed by atoms with Crippen LogP contribution in [0.5, 0.6) is 0 Å². The van der Waals surface area contributed by atoms with Gasteiger partial charge in [-0.2, -0.15) is 0 Å². The molecule has 1 aliphatic rings. The number of benzene rings is 1. The van der Waals surface area contributed by atoms with Crippen LogP contribution in [0.1, 0.15) is 29.6 Å². The Morgan fingerprint density at radius 2 is 2.25 bits per heavy atom. The average molecular weight is 222 g/mol. The summed E-state index contributed by atoms with van der Waals surface area (Å²) in [6.45, 7) is 0.763. The minimum absolute atomic E-state index is 0.331. The first-order valence-electron chi connectivity index (χ1n) is 5.50. The zero-order chi connectivity index (χ0) is 11.5. The van der Waals surface area contributed by atoms with Crippen molar-refractivity contribution in [1.29, 1.82) is 0 Å². The van der Waals surface area contributed by atoms with Crippen LogP contribution in [-0.2, 0) is 0 Å². The molecule has 1 aromatic rings. The van der Waals surface area contributed by atoms with Crippen molar-refractivity contribution in [2.45, 2.75) is 19.3 Å². The van der Waals surface area contributed by atoms with Crippen molar-refractivity contribution >= 4 is 11.6 Å². The Bertz CT molecular complexity index is 402. The number of nitrogens with one attached hydrogen (secondary N) is 1. The van der Waals surface area contributed by atoms with Gasteiger partial charge >= 0.3 is 0 Å². The molecule has 0 spiro atoms. The van der Waals surface area contributed by atoms with Crippen LogP contribution < -0.4 is 11.1 Å². The predicted molar refractivity (Wildman–Crippen MR) is 60.7 cm³/mol. The minimum atomic E-state index is -0.535. The lowest BCUT2D eigenvalue weighted by atomic mass is 9.85. The van der Waals surface area contributed by atoms with Crippen LogP contribution in [-0.4, -0.2) is 12.5 Å². The molecule has 0 saturated heterocycles. The fraction of sp³-hybridized carbons (Fsp3) is 0.417. The van der Waals surface area contributed by atoms with Crippen LogP contribution in [0.3, 0.4) is 0 Å². The Morgan fingerprint density at radius 3 is 2.81 bits per heavy atom. The van der Waals surface area contributed by atoms with E-state index in [1.807, 2.05) is 0 Å². The number of carbonyl (C=O) groups is 1. The molecule has 4 heteroatoms. The van der Waals surface area contributed by atoms with E-state index in [4.69, 9.17) is 5.73 Å². The Labute approximate surface area is 93.8 Å². The van der Waals surface area contributed by atoms with Gasteiger partial charge in [0.25, 0.3) is 0 Å². The van der Waals surface area contributed by atoms with Gasteiger partial charge in [0.05, 0.1) is 5.69 Å². The van der Waals surface area contributed by atoms with Crippen LogP contribution in [0.25, 0.3) is 0 Å². The highest BCUT2D eigenvalue weighted by molar-refractivity contribution is 5.93. The lowest BCUT2D eigenvalue weighted by Crippen LogP contribution is -2.21. The summed E-state index contributed by atoms with van der Waals surface area (Å²) in [4.78, 5) is 10.9. The maximum Gasteiger partial charge on any atom is 0.248 e. The van der Waals surface area contributed by atoms with Crippen molar-refractivity contribution in [3.63, 3.8) is 0 Å². The van der Waals surface area contributed by atoms with Gasteiger partial charge in [0.1, 0.15) is 5.82 Å². The number of rotatable bonds is 4.